The topological polar surface area (TPSA) is 71.5 Å². The minimum absolute atomic E-state index is 0.0551. The van der Waals surface area contributed by atoms with E-state index in [0.717, 1.165) is 25.0 Å². The van der Waals surface area contributed by atoms with Gasteiger partial charge in [0, 0.05) is 17.8 Å². The largest absolute Gasteiger partial charge is 0.374 e. The predicted octanol–water partition coefficient (Wildman–Crippen LogP) is 2.45. The number of nitrogens with zero attached hydrogens (tertiary/aromatic N) is 2. The number of ether oxygens (including phenoxy) is 1. The van der Waals surface area contributed by atoms with Gasteiger partial charge in [0.05, 0.1) is 30.9 Å². The van der Waals surface area contributed by atoms with E-state index in [1.165, 1.54) is 17.8 Å². The minimum atomic E-state index is -0.0874. The Bertz CT molecular complexity index is 600. The number of aromatic nitrogens is 1. The first-order valence-corrected chi connectivity index (χ1v) is 9.59. The van der Waals surface area contributed by atoms with Crippen LogP contribution in [0.2, 0.25) is 0 Å². The highest BCUT2D eigenvalue weighted by atomic mass is 32.1. The minimum Gasteiger partial charge on any atom is -0.374 e. The monoisotopic (exact) mass is 351 g/mol. The van der Waals surface area contributed by atoms with Crippen LogP contribution >= 0.6 is 11.3 Å². The Kier molecular flexibility index (Phi) is 5.50. The molecule has 24 heavy (non-hydrogen) atoms. The number of hydrogen-bond donors (Lipinski definition) is 1. The summed E-state index contributed by atoms with van der Waals surface area (Å²) >= 11 is 1.37. The molecule has 0 unspecified atom stereocenters. The average Bonchev–Trinajstić information content (AvgIpc) is 3.01. The van der Waals surface area contributed by atoms with E-state index in [1.807, 2.05) is 24.1 Å². The zero-order valence-electron chi connectivity index (χ0n) is 14.3. The Labute approximate surface area is 146 Å². The summed E-state index contributed by atoms with van der Waals surface area (Å²) in [4.78, 5) is 30.8. The summed E-state index contributed by atoms with van der Waals surface area (Å²) in [7, 11) is 0. The maximum Gasteiger partial charge on any atom is 0.229 e. The van der Waals surface area contributed by atoms with Gasteiger partial charge in [-0.25, -0.2) is 4.98 Å². The van der Waals surface area contributed by atoms with Crippen LogP contribution in [0.3, 0.4) is 0 Å². The molecular formula is C17H25N3O3S. The SMILES string of the molecule is CC(C)C(=O)Nc1nc(CC(=O)N2CCO[C@H]3CCCC[C@@H]32)cs1. The highest BCUT2D eigenvalue weighted by Gasteiger charge is 2.36. The number of carbonyl (C=O) groups excluding carboxylic acids is 2. The Morgan fingerprint density at radius 2 is 2.21 bits per heavy atom. The molecule has 1 aromatic rings. The van der Waals surface area contributed by atoms with E-state index >= 15 is 0 Å². The number of anilines is 1. The molecule has 2 fully saturated rings. The molecule has 1 saturated heterocycles. The van der Waals surface area contributed by atoms with Crippen LogP contribution in [0, 0.1) is 5.92 Å². The van der Waals surface area contributed by atoms with Gasteiger partial charge in [-0.05, 0) is 12.8 Å². The van der Waals surface area contributed by atoms with Gasteiger partial charge in [0.25, 0.3) is 0 Å². The summed E-state index contributed by atoms with van der Waals surface area (Å²) < 4.78 is 5.83. The molecule has 0 bridgehead atoms. The molecule has 0 radical (unpaired) electrons. The number of thiazole rings is 1. The van der Waals surface area contributed by atoms with Gasteiger partial charge in [0.15, 0.2) is 5.13 Å². The maximum absolute atomic E-state index is 12.7. The summed E-state index contributed by atoms with van der Waals surface area (Å²) in [6.07, 6.45) is 4.93. The molecule has 2 amide bonds. The van der Waals surface area contributed by atoms with Gasteiger partial charge in [0.2, 0.25) is 11.8 Å². The smallest absolute Gasteiger partial charge is 0.229 e. The molecule has 0 aromatic carbocycles. The summed E-state index contributed by atoms with van der Waals surface area (Å²) in [6.45, 7) is 4.97. The molecule has 3 rings (SSSR count). The second kappa shape index (κ2) is 7.61. The number of rotatable bonds is 4. The number of amides is 2. The third kappa shape index (κ3) is 3.95. The van der Waals surface area contributed by atoms with Gasteiger partial charge >= 0.3 is 0 Å². The highest BCUT2D eigenvalue weighted by Crippen LogP contribution is 2.29. The molecule has 2 heterocycles. The van der Waals surface area contributed by atoms with Crippen molar-refractivity contribution < 1.29 is 14.3 Å². The Morgan fingerprint density at radius 1 is 1.42 bits per heavy atom. The number of fused-ring (bicyclic) bond motifs is 1. The van der Waals surface area contributed by atoms with Crippen molar-refractivity contribution in [2.75, 3.05) is 18.5 Å². The zero-order valence-corrected chi connectivity index (χ0v) is 15.1. The van der Waals surface area contributed by atoms with Gasteiger partial charge in [-0.3, -0.25) is 9.59 Å². The van der Waals surface area contributed by atoms with Crippen molar-refractivity contribution in [3.05, 3.63) is 11.1 Å². The number of nitrogens with one attached hydrogen (secondary N) is 1. The quantitative estimate of drug-likeness (QED) is 0.904. The first-order valence-electron chi connectivity index (χ1n) is 8.71. The van der Waals surface area contributed by atoms with E-state index in [-0.39, 0.29) is 36.3 Å². The number of carbonyl (C=O) groups is 2. The molecule has 132 valence electrons. The predicted molar refractivity (Wildman–Crippen MR) is 93.0 cm³/mol. The molecule has 2 aliphatic rings. The Balaban J connectivity index is 1.60. The van der Waals surface area contributed by atoms with Crippen LogP contribution in [0.15, 0.2) is 5.38 Å². The van der Waals surface area contributed by atoms with Crippen molar-refractivity contribution in [2.45, 2.75) is 58.1 Å². The first kappa shape index (κ1) is 17.4. The molecule has 6 nitrogen and oxygen atoms in total. The lowest BCUT2D eigenvalue weighted by Crippen LogP contribution is -2.55. The van der Waals surface area contributed by atoms with Crippen LogP contribution in [0.1, 0.15) is 45.2 Å². The molecule has 1 aliphatic carbocycles. The molecule has 1 saturated carbocycles. The fraction of sp³-hybridized carbons (Fsp3) is 0.706. The summed E-state index contributed by atoms with van der Waals surface area (Å²) in [5.74, 6) is -0.0294. The van der Waals surface area contributed by atoms with Crippen LogP contribution in [0.5, 0.6) is 0 Å². The van der Waals surface area contributed by atoms with E-state index in [9.17, 15) is 9.59 Å². The van der Waals surface area contributed by atoms with E-state index < -0.39 is 0 Å². The lowest BCUT2D eigenvalue weighted by Gasteiger charge is -2.43. The second-order valence-electron chi connectivity index (χ2n) is 6.81. The van der Waals surface area contributed by atoms with Gasteiger partial charge in [-0.2, -0.15) is 0 Å². The lowest BCUT2D eigenvalue weighted by atomic mass is 9.90. The second-order valence-corrected chi connectivity index (χ2v) is 7.67. The van der Waals surface area contributed by atoms with Crippen molar-refractivity contribution in [3.8, 4) is 0 Å². The van der Waals surface area contributed by atoms with E-state index in [0.29, 0.717) is 18.3 Å². The van der Waals surface area contributed by atoms with E-state index in [2.05, 4.69) is 10.3 Å². The van der Waals surface area contributed by atoms with Crippen molar-refractivity contribution in [2.24, 2.45) is 5.92 Å². The molecule has 1 N–H and O–H groups in total. The lowest BCUT2D eigenvalue weighted by molar-refractivity contribution is -0.148. The maximum atomic E-state index is 12.7. The van der Waals surface area contributed by atoms with Crippen LogP contribution in [-0.4, -0.2) is 47.0 Å². The number of morpholine rings is 1. The fourth-order valence-corrected chi connectivity index (χ4v) is 4.07. The highest BCUT2D eigenvalue weighted by molar-refractivity contribution is 7.13. The van der Waals surface area contributed by atoms with E-state index in [1.54, 1.807) is 0 Å². The molecule has 7 heteroatoms. The third-order valence-corrected chi connectivity index (χ3v) is 5.50. The molecule has 0 spiro atoms. The Hall–Kier alpha value is -1.47. The molecular weight excluding hydrogens is 326 g/mol. The van der Waals surface area contributed by atoms with Crippen molar-refractivity contribution >= 4 is 28.3 Å². The van der Waals surface area contributed by atoms with Gasteiger partial charge in [-0.1, -0.05) is 26.7 Å². The van der Waals surface area contributed by atoms with Crippen LogP contribution in [0.4, 0.5) is 5.13 Å². The van der Waals surface area contributed by atoms with E-state index in [4.69, 9.17) is 4.74 Å². The zero-order chi connectivity index (χ0) is 17.1. The number of hydrogen-bond acceptors (Lipinski definition) is 5. The van der Waals surface area contributed by atoms with Crippen molar-refractivity contribution in [1.82, 2.24) is 9.88 Å². The average molecular weight is 351 g/mol. The fourth-order valence-electron chi connectivity index (χ4n) is 3.36. The van der Waals surface area contributed by atoms with Crippen LogP contribution in [-0.2, 0) is 20.7 Å². The van der Waals surface area contributed by atoms with Crippen LogP contribution in [0.25, 0.3) is 0 Å². The Morgan fingerprint density at radius 3 is 3.00 bits per heavy atom. The normalized spacial score (nSPS) is 23.9. The third-order valence-electron chi connectivity index (χ3n) is 4.69. The summed E-state index contributed by atoms with van der Waals surface area (Å²) in [5.41, 5.74) is 0.725. The van der Waals surface area contributed by atoms with Crippen molar-refractivity contribution in [3.63, 3.8) is 0 Å². The van der Waals surface area contributed by atoms with Crippen LogP contribution < -0.4 is 5.32 Å². The summed E-state index contributed by atoms with van der Waals surface area (Å²) in [6, 6.07) is 0.221. The standard InChI is InChI=1S/C17H25N3O3S/c1-11(2)16(22)19-17-18-12(10-24-17)9-15(21)20-7-8-23-14-6-4-3-5-13(14)20/h10-11,13-14H,3-9H2,1-2H3,(H,18,19,22)/t13-,14-/m0/s1. The van der Waals surface area contributed by atoms with Gasteiger partial charge in [-0.15, -0.1) is 11.3 Å². The van der Waals surface area contributed by atoms with Gasteiger partial charge < -0.3 is 15.0 Å². The first-order chi connectivity index (χ1) is 11.5. The van der Waals surface area contributed by atoms with Gasteiger partial charge in [0.1, 0.15) is 0 Å². The molecule has 2 atom stereocenters. The molecule has 1 aliphatic heterocycles. The molecule has 1 aromatic heterocycles. The van der Waals surface area contributed by atoms with Crippen molar-refractivity contribution in [1.29, 1.82) is 0 Å². The summed E-state index contributed by atoms with van der Waals surface area (Å²) in [5, 5.41) is 5.20.